The van der Waals surface area contributed by atoms with Gasteiger partial charge in [-0.1, -0.05) is 24.3 Å². The summed E-state index contributed by atoms with van der Waals surface area (Å²) in [7, 11) is 0. The Morgan fingerprint density at radius 2 is 2.00 bits per heavy atom. The quantitative estimate of drug-likeness (QED) is 0.528. The van der Waals surface area contributed by atoms with Crippen LogP contribution in [0.5, 0.6) is 0 Å². The number of fused-ring (bicyclic) bond motifs is 2. The maximum Gasteiger partial charge on any atom is 0.153 e. The summed E-state index contributed by atoms with van der Waals surface area (Å²) in [4.78, 5) is 4.48. The van der Waals surface area contributed by atoms with Crippen molar-refractivity contribution in [2.24, 2.45) is 0 Å². The maximum atomic E-state index is 4.66. The van der Waals surface area contributed by atoms with E-state index in [4.69, 9.17) is 0 Å². The fourth-order valence-corrected chi connectivity index (χ4v) is 4.52. The molecule has 29 heavy (non-hydrogen) atoms. The van der Waals surface area contributed by atoms with Gasteiger partial charge in [-0.2, -0.15) is 5.10 Å². The Balaban J connectivity index is 1.41. The number of pyridine rings is 1. The minimum Gasteiger partial charge on any atom is -0.345 e. The first kappa shape index (κ1) is 18.1. The van der Waals surface area contributed by atoms with Gasteiger partial charge in [-0.15, -0.1) is 0 Å². The van der Waals surface area contributed by atoms with Gasteiger partial charge in [-0.05, 0) is 56.9 Å². The van der Waals surface area contributed by atoms with E-state index in [2.05, 4.69) is 64.3 Å². The molecule has 1 aliphatic carbocycles. The molecule has 1 atom stereocenters. The van der Waals surface area contributed by atoms with Gasteiger partial charge < -0.3 is 9.88 Å². The van der Waals surface area contributed by atoms with Crippen LogP contribution in [0.4, 0.5) is 0 Å². The average Bonchev–Trinajstić information content (AvgIpc) is 3.35. The van der Waals surface area contributed by atoms with Crippen LogP contribution in [0.2, 0.25) is 0 Å². The van der Waals surface area contributed by atoms with Gasteiger partial charge in [0.2, 0.25) is 0 Å². The number of benzene rings is 1. The zero-order valence-electron chi connectivity index (χ0n) is 17.0. The Morgan fingerprint density at radius 3 is 2.83 bits per heavy atom. The van der Waals surface area contributed by atoms with E-state index in [-0.39, 0.29) is 0 Å². The van der Waals surface area contributed by atoms with Crippen LogP contribution in [-0.4, -0.2) is 19.3 Å². The molecule has 0 radical (unpaired) electrons. The third-order valence-electron chi connectivity index (χ3n) is 5.97. The van der Waals surface area contributed by atoms with Gasteiger partial charge in [-0.3, -0.25) is 0 Å². The molecule has 0 spiro atoms. The average molecular weight is 386 g/mol. The second-order valence-corrected chi connectivity index (χ2v) is 8.14. The molecule has 0 saturated heterocycles. The highest BCUT2D eigenvalue weighted by atomic mass is 15.3. The van der Waals surface area contributed by atoms with Gasteiger partial charge in [0.15, 0.2) is 5.82 Å². The highest BCUT2D eigenvalue weighted by Crippen LogP contribution is 2.32. The third kappa shape index (κ3) is 3.25. The Labute approximate surface area is 171 Å². The van der Waals surface area contributed by atoms with Gasteiger partial charge in [0.1, 0.15) is 0 Å². The van der Waals surface area contributed by atoms with Crippen LogP contribution in [0.1, 0.15) is 55.6 Å². The molecule has 0 fully saturated rings. The van der Waals surface area contributed by atoms with Crippen LogP contribution >= 0.6 is 0 Å². The van der Waals surface area contributed by atoms with Gasteiger partial charge in [0, 0.05) is 47.5 Å². The normalized spacial score (nSPS) is 16.4. The van der Waals surface area contributed by atoms with Crippen LogP contribution < -0.4 is 5.32 Å². The van der Waals surface area contributed by atoms with E-state index in [1.807, 2.05) is 35.3 Å². The molecular formula is C24H27N5. The minimum absolute atomic E-state index is 0.331. The summed E-state index contributed by atoms with van der Waals surface area (Å²) in [5.74, 6) is 0.898. The Kier molecular flexibility index (Phi) is 4.68. The summed E-state index contributed by atoms with van der Waals surface area (Å²) in [6.07, 6.45) is 9.52. The van der Waals surface area contributed by atoms with Crippen molar-refractivity contribution in [1.82, 2.24) is 24.6 Å². The smallest absolute Gasteiger partial charge is 0.153 e. The first-order valence-electron chi connectivity index (χ1n) is 10.5. The molecule has 1 N–H and O–H groups in total. The van der Waals surface area contributed by atoms with Crippen molar-refractivity contribution in [2.45, 2.75) is 51.7 Å². The van der Waals surface area contributed by atoms with E-state index in [1.165, 1.54) is 27.7 Å². The number of rotatable bonds is 5. The molecule has 1 aliphatic rings. The van der Waals surface area contributed by atoms with E-state index in [1.54, 1.807) is 0 Å². The SMILES string of the molecule is CC(C)n1cc(CNC2CCCc3c2cnn3-c2ccccn2)c2ccccc21. The number of para-hydroxylation sites is 1. The summed E-state index contributed by atoms with van der Waals surface area (Å²) >= 11 is 0. The summed E-state index contributed by atoms with van der Waals surface area (Å²) in [6.45, 7) is 5.34. The standard InChI is InChI=1S/C24H27N5/c1-17(2)28-16-18(19-8-3-4-10-22(19)28)14-26-21-9-7-11-23-20(21)15-27-29(23)24-12-5-6-13-25-24/h3-6,8,10,12-13,15-17,21,26H,7,9,11,14H2,1-2H3. The molecule has 3 heterocycles. The fourth-order valence-electron chi connectivity index (χ4n) is 4.52. The molecular weight excluding hydrogens is 358 g/mol. The first-order chi connectivity index (χ1) is 14.2. The largest absolute Gasteiger partial charge is 0.345 e. The molecule has 148 valence electrons. The zero-order chi connectivity index (χ0) is 19.8. The molecule has 1 unspecified atom stereocenters. The van der Waals surface area contributed by atoms with E-state index < -0.39 is 0 Å². The molecule has 3 aromatic heterocycles. The van der Waals surface area contributed by atoms with Crippen molar-refractivity contribution in [3.63, 3.8) is 0 Å². The Bertz CT molecular complexity index is 1120. The summed E-state index contributed by atoms with van der Waals surface area (Å²) in [5, 5.41) is 9.82. The van der Waals surface area contributed by atoms with Crippen LogP contribution in [0.25, 0.3) is 16.7 Å². The third-order valence-corrected chi connectivity index (χ3v) is 5.97. The molecule has 1 aromatic carbocycles. The van der Waals surface area contributed by atoms with Gasteiger partial charge in [-0.25, -0.2) is 9.67 Å². The topological polar surface area (TPSA) is 47.7 Å². The summed E-state index contributed by atoms with van der Waals surface area (Å²) in [5.41, 5.74) is 5.27. The van der Waals surface area contributed by atoms with Crippen molar-refractivity contribution >= 4 is 10.9 Å². The number of nitrogens with zero attached hydrogens (tertiary/aromatic N) is 4. The highest BCUT2D eigenvalue weighted by Gasteiger charge is 2.25. The number of hydrogen-bond donors (Lipinski definition) is 1. The predicted octanol–water partition coefficient (Wildman–Crippen LogP) is 4.97. The highest BCUT2D eigenvalue weighted by molar-refractivity contribution is 5.84. The molecule has 0 amide bonds. The van der Waals surface area contributed by atoms with Crippen molar-refractivity contribution in [2.75, 3.05) is 0 Å². The lowest BCUT2D eigenvalue weighted by atomic mass is 9.92. The number of hydrogen-bond acceptors (Lipinski definition) is 3. The zero-order valence-corrected chi connectivity index (χ0v) is 17.0. The number of aromatic nitrogens is 4. The molecule has 0 saturated carbocycles. The fraction of sp³-hybridized carbons (Fsp3) is 0.333. The molecule has 5 nitrogen and oxygen atoms in total. The van der Waals surface area contributed by atoms with Crippen molar-refractivity contribution in [3.05, 3.63) is 77.9 Å². The van der Waals surface area contributed by atoms with Gasteiger partial charge in [0.25, 0.3) is 0 Å². The second kappa shape index (κ2) is 7.48. The molecule has 0 aliphatic heterocycles. The number of nitrogens with one attached hydrogen (secondary N) is 1. The lowest BCUT2D eigenvalue weighted by molar-refractivity contribution is 0.454. The van der Waals surface area contributed by atoms with Crippen molar-refractivity contribution in [3.8, 4) is 5.82 Å². The lowest BCUT2D eigenvalue weighted by Gasteiger charge is -2.24. The van der Waals surface area contributed by atoms with Crippen molar-refractivity contribution in [1.29, 1.82) is 0 Å². The lowest BCUT2D eigenvalue weighted by Crippen LogP contribution is -2.25. The summed E-state index contributed by atoms with van der Waals surface area (Å²) in [6, 6.07) is 15.5. The Hall–Kier alpha value is -2.92. The second-order valence-electron chi connectivity index (χ2n) is 8.14. The van der Waals surface area contributed by atoms with E-state index in [0.29, 0.717) is 12.1 Å². The van der Waals surface area contributed by atoms with Crippen LogP contribution in [-0.2, 0) is 13.0 Å². The predicted molar refractivity (Wildman–Crippen MR) is 116 cm³/mol. The molecule has 4 aromatic rings. The minimum atomic E-state index is 0.331. The first-order valence-corrected chi connectivity index (χ1v) is 10.5. The molecule has 5 heteroatoms. The molecule has 5 rings (SSSR count). The van der Waals surface area contributed by atoms with E-state index in [0.717, 1.165) is 31.6 Å². The van der Waals surface area contributed by atoms with Gasteiger partial charge in [0.05, 0.1) is 11.9 Å². The van der Waals surface area contributed by atoms with Crippen LogP contribution in [0.3, 0.4) is 0 Å². The Morgan fingerprint density at radius 1 is 1.14 bits per heavy atom. The van der Waals surface area contributed by atoms with Gasteiger partial charge >= 0.3 is 0 Å². The monoisotopic (exact) mass is 385 g/mol. The summed E-state index contributed by atoms with van der Waals surface area (Å²) < 4.78 is 4.38. The van der Waals surface area contributed by atoms with Crippen LogP contribution in [0.15, 0.2) is 61.1 Å². The maximum absolute atomic E-state index is 4.66. The van der Waals surface area contributed by atoms with Crippen molar-refractivity contribution < 1.29 is 0 Å². The van der Waals surface area contributed by atoms with Crippen LogP contribution in [0, 0.1) is 0 Å². The molecule has 0 bridgehead atoms. The van der Waals surface area contributed by atoms with E-state index in [9.17, 15) is 0 Å². The van der Waals surface area contributed by atoms with E-state index >= 15 is 0 Å².